The molecule has 1 nitrogen and oxygen atoms in total. The number of hydrogen-bond acceptors (Lipinski definition) is 1. The van der Waals surface area contributed by atoms with Crippen molar-refractivity contribution in [1.82, 2.24) is 0 Å². The van der Waals surface area contributed by atoms with Crippen molar-refractivity contribution < 1.29 is 18.3 Å². The molecule has 2 rings (SSSR count). The van der Waals surface area contributed by atoms with Gasteiger partial charge in [0.25, 0.3) is 0 Å². The minimum absolute atomic E-state index is 0.0405. The van der Waals surface area contributed by atoms with E-state index < -0.39 is 23.1 Å². The molecule has 0 radical (unpaired) electrons. The van der Waals surface area contributed by atoms with E-state index in [1.807, 2.05) is 0 Å². The lowest BCUT2D eigenvalue weighted by Gasteiger charge is -2.26. The van der Waals surface area contributed by atoms with Crippen LogP contribution in [0.5, 0.6) is 0 Å². The van der Waals surface area contributed by atoms with Crippen LogP contribution in [0.2, 0.25) is 0 Å². The molecule has 0 bridgehead atoms. The third-order valence-electron chi connectivity index (χ3n) is 3.15. The number of hydrogen-bond donors (Lipinski definition) is 1. The zero-order valence-electron chi connectivity index (χ0n) is 10.5. The van der Waals surface area contributed by atoms with Crippen molar-refractivity contribution >= 4 is 0 Å². The molecule has 19 heavy (non-hydrogen) atoms. The van der Waals surface area contributed by atoms with Crippen LogP contribution in [-0.2, 0) is 5.60 Å². The van der Waals surface area contributed by atoms with E-state index in [9.17, 15) is 18.3 Å². The largest absolute Gasteiger partial charge is 0.381 e. The Morgan fingerprint density at radius 3 is 2.05 bits per heavy atom. The van der Waals surface area contributed by atoms with Gasteiger partial charge in [0.1, 0.15) is 23.1 Å². The number of benzene rings is 2. The molecule has 4 heteroatoms. The number of aliphatic hydroxyl groups is 1. The lowest BCUT2D eigenvalue weighted by molar-refractivity contribution is 0.100. The Hall–Kier alpha value is -1.81. The highest BCUT2D eigenvalue weighted by Crippen LogP contribution is 2.32. The summed E-state index contributed by atoms with van der Waals surface area (Å²) in [6.07, 6.45) is 0. The Balaban J connectivity index is 2.60. The molecule has 2 aromatic rings. The molecule has 1 N–H and O–H groups in total. The summed E-state index contributed by atoms with van der Waals surface area (Å²) >= 11 is 0. The fraction of sp³-hybridized carbons (Fsp3) is 0.200. The van der Waals surface area contributed by atoms with Gasteiger partial charge in [-0.15, -0.1) is 0 Å². The molecule has 0 saturated heterocycles. The normalized spacial score (nSPS) is 14.2. The van der Waals surface area contributed by atoms with Gasteiger partial charge in [-0.05, 0) is 54.8 Å². The average molecular weight is 266 g/mol. The predicted octanol–water partition coefficient (Wildman–Crippen LogP) is 3.67. The molecule has 1 atom stereocenters. The molecule has 0 aliphatic heterocycles. The van der Waals surface area contributed by atoms with Crippen molar-refractivity contribution in [2.24, 2.45) is 0 Å². The monoisotopic (exact) mass is 266 g/mol. The molecule has 2 aromatic carbocycles. The van der Waals surface area contributed by atoms with E-state index in [-0.39, 0.29) is 11.1 Å². The Kier molecular flexibility index (Phi) is 3.37. The van der Waals surface area contributed by atoms with Crippen molar-refractivity contribution in [2.45, 2.75) is 19.4 Å². The smallest absolute Gasteiger partial charge is 0.126 e. The van der Waals surface area contributed by atoms with Crippen molar-refractivity contribution in [1.29, 1.82) is 0 Å². The minimum Gasteiger partial charge on any atom is -0.381 e. The summed E-state index contributed by atoms with van der Waals surface area (Å²) in [5.74, 6) is -2.09. The second kappa shape index (κ2) is 4.70. The zero-order valence-corrected chi connectivity index (χ0v) is 10.5. The van der Waals surface area contributed by atoms with Gasteiger partial charge < -0.3 is 5.11 Å². The lowest BCUT2D eigenvalue weighted by atomic mass is 9.85. The van der Waals surface area contributed by atoms with Crippen molar-refractivity contribution in [3.05, 3.63) is 70.5 Å². The molecule has 0 spiro atoms. The number of aryl methyl sites for hydroxylation is 1. The maximum Gasteiger partial charge on any atom is 0.126 e. The molecule has 0 amide bonds. The summed E-state index contributed by atoms with van der Waals surface area (Å²) < 4.78 is 39.7. The van der Waals surface area contributed by atoms with E-state index >= 15 is 0 Å². The number of halogens is 3. The van der Waals surface area contributed by atoms with Crippen molar-refractivity contribution in [3.63, 3.8) is 0 Å². The summed E-state index contributed by atoms with van der Waals surface area (Å²) in [7, 11) is 0. The predicted molar refractivity (Wildman–Crippen MR) is 66.2 cm³/mol. The van der Waals surface area contributed by atoms with Gasteiger partial charge >= 0.3 is 0 Å². The van der Waals surface area contributed by atoms with E-state index in [0.29, 0.717) is 5.56 Å². The Labute approximate surface area is 109 Å². The summed E-state index contributed by atoms with van der Waals surface area (Å²) in [6, 6.07) is 6.73. The SMILES string of the molecule is Cc1ccc(F)cc1C(C)(O)c1cc(F)cc(F)c1. The van der Waals surface area contributed by atoms with E-state index in [0.717, 1.165) is 24.3 Å². The van der Waals surface area contributed by atoms with Crippen LogP contribution < -0.4 is 0 Å². The van der Waals surface area contributed by atoms with E-state index in [4.69, 9.17) is 0 Å². The van der Waals surface area contributed by atoms with Gasteiger partial charge in [-0.2, -0.15) is 0 Å². The Morgan fingerprint density at radius 1 is 0.895 bits per heavy atom. The second-order valence-electron chi connectivity index (χ2n) is 4.69. The average Bonchev–Trinajstić information content (AvgIpc) is 2.31. The van der Waals surface area contributed by atoms with Crippen LogP contribution in [0.4, 0.5) is 13.2 Å². The second-order valence-corrected chi connectivity index (χ2v) is 4.69. The molecule has 0 heterocycles. The lowest BCUT2D eigenvalue weighted by Crippen LogP contribution is -2.24. The minimum atomic E-state index is -1.67. The molecular formula is C15H13F3O. The highest BCUT2D eigenvalue weighted by molar-refractivity contribution is 5.40. The summed E-state index contributed by atoms with van der Waals surface area (Å²) in [4.78, 5) is 0. The van der Waals surface area contributed by atoms with Crippen LogP contribution >= 0.6 is 0 Å². The molecular weight excluding hydrogens is 253 g/mol. The van der Waals surface area contributed by atoms with Crippen LogP contribution in [0.3, 0.4) is 0 Å². The van der Waals surface area contributed by atoms with Crippen LogP contribution in [0.25, 0.3) is 0 Å². The van der Waals surface area contributed by atoms with Crippen LogP contribution in [-0.4, -0.2) is 5.11 Å². The molecule has 0 saturated carbocycles. The molecule has 0 aliphatic carbocycles. The fourth-order valence-electron chi connectivity index (χ4n) is 2.11. The number of rotatable bonds is 2. The van der Waals surface area contributed by atoms with Crippen molar-refractivity contribution in [2.75, 3.05) is 0 Å². The van der Waals surface area contributed by atoms with Gasteiger partial charge in [-0.25, -0.2) is 13.2 Å². The quantitative estimate of drug-likeness (QED) is 0.879. The van der Waals surface area contributed by atoms with Gasteiger partial charge in [0.2, 0.25) is 0 Å². The highest BCUT2D eigenvalue weighted by atomic mass is 19.1. The first kappa shape index (κ1) is 13.6. The molecule has 1 unspecified atom stereocenters. The summed E-state index contributed by atoms with van der Waals surface area (Å²) in [5.41, 5.74) is -0.720. The van der Waals surface area contributed by atoms with Gasteiger partial charge in [-0.1, -0.05) is 6.07 Å². The molecule has 0 aliphatic rings. The Morgan fingerprint density at radius 2 is 1.47 bits per heavy atom. The standard InChI is InChI=1S/C15H13F3O/c1-9-3-4-11(16)8-14(9)15(2,19)10-5-12(17)7-13(18)6-10/h3-8,19H,1-2H3. The Bertz CT molecular complexity index is 601. The van der Waals surface area contributed by atoms with Crippen LogP contribution in [0.15, 0.2) is 36.4 Å². The molecule has 0 fully saturated rings. The highest BCUT2D eigenvalue weighted by Gasteiger charge is 2.28. The molecule has 100 valence electrons. The van der Waals surface area contributed by atoms with E-state index in [1.54, 1.807) is 6.92 Å². The maximum absolute atomic E-state index is 13.3. The van der Waals surface area contributed by atoms with Crippen LogP contribution in [0, 0.1) is 24.4 Å². The topological polar surface area (TPSA) is 20.2 Å². The first-order valence-corrected chi connectivity index (χ1v) is 5.76. The van der Waals surface area contributed by atoms with Gasteiger partial charge in [0.05, 0.1) is 0 Å². The maximum atomic E-state index is 13.3. The first-order chi connectivity index (χ1) is 8.80. The van der Waals surface area contributed by atoms with Gasteiger partial charge in [0, 0.05) is 6.07 Å². The van der Waals surface area contributed by atoms with Crippen LogP contribution in [0.1, 0.15) is 23.6 Å². The fourth-order valence-corrected chi connectivity index (χ4v) is 2.11. The summed E-state index contributed by atoms with van der Waals surface area (Å²) in [5, 5.41) is 10.5. The third-order valence-corrected chi connectivity index (χ3v) is 3.15. The van der Waals surface area contributed by atoms with E-state index in [1.165, 1.54) is 19.1 Å². The zero-order chi connectivity index (χ0) is 14.2. The first-order valence-electron chi connectivity index (χ1n) is 5.76. The molecule has 0 aromatic heterocycles. The van der Waals surface area contributed by atoms with Gasteiger partial charge in [0.15, 0.2) is 0 Å². The third kappa shape index (κ3) is 2.63. The van der Waals surface area contributed by atoms with Crippen molar-refractivity contribution in [3.8, 4) is 0 Å². The van der Waals surface area contributed by atoms with Gasteiger partial charge in [-0.3, -0.25) is 0 Å². The van der Waals surface area contributed by atoms with E-state index in [2.05, 4.69) is 0 Å². The summed E-state index contributed by atoms with van der Waals surface area (Å²) in [6.45, 7) is 3.07.